The van der Waals surface area contributed by atoms with Crippen LogP contribution in [0.25, 0.3) is 10.9 Å². The number of hydrogen-bond acceptors (Lipinski definition) is 4. The molecule has 0 saturated carbocycles. The van der Waals surface area contributed by atoms with Crippen molar-refractivity contribution in [2.45, 2.75) is 0 Å². The molecular formula is C14H16N4O4. The van der Waals surface area contributed by atoms with Gasteiger partial charge in [-0.05, 0) is 18.2 Å². The molecule has 2 rings (SSSR count). The van der Waals surface area contributed by atoms with Gasteiger partial charge < -0.3 is 25.7 Å². The lowest BCUT2D eigenvalue weighted by Gasteiger charge is -2.09. The molecule has 0 saturated heterocycles. The lowest BCUT2D eigenvalue weighted by molar-refractivity contribution is -0.119. The number of carbonyl (C=O) groups is 3. The number of aromatic amines is 1. The minimum absolute atomic E-state index is 0.142. The molecular weight excluding hydrogens is 288 g/mol. The maximum absolute atomic E-state index is 11.8. The molecule has 116 valence electrons. The first-order valence-electron chi connectivity index (χ1n) is 6.50. The highest BCUT2D eigenvalue weighted by molar-refractivity contribution is 6.06. The van der Waals surface area contributed by atoms with Crippen LogP contribution < -0.4 is 16.0 Å². The van der Waals surface area contributed by atoms with Crippen LogP contribution in [-0.4, -0.2) is 43.6 Å². The largest absolute Gasteiger partial charge is 0.465 e. The Morgan fingerprint density at radius 3 is 2.73 bits per heavy atom. The van der Waals surface area contributed by atoms with Crippen molar-refractivity contribution in [1.82, 2.24) is 15.6 Å². The summed E-state index contributed by atoms with van der Waals surface area (Å²) in [4.78, 5) is 37.6. The Balaban J connectivity index is 2.19. The van der Waals surface area contributed by atoms with Gasteiger partial charge in [-0.3, -0.25) is 4.79 Å². The Morgan fingerprint density at radius 2 is 2.05 bits per heavy atom. The third-order valence-electron chi connectivity index (χ3n) is 3.02. The van der Waals surface area contributed by atoms with Gasteiger partial charge in [-0.1, -0.05) is 0 Å². The third kappa shape index (κ3) is 3.35. The molecule has 2 aromatic rings. The Kier molecular flexibility index (Phi) is 4.62. The van der Waals surface area contributed by atoms with Gasteiger partial charge in [0.2, 0.25) is 5.91 Å². The zero-order valence-corrected chi connectivity index (χ0v) is 12.1. The zero-order valence-electron chi connectivity index (χ0n) is 12.1. The van der Waals surface area contributed by atoms with Gasteiger partial charge in [0.05, 0.1) is 19.2 Å². The number of fused-ring (bicyclic) bond motifs is 1. The fraction of sp³-hybridized carbons (Fsp3) is 0.214. The van der Waals surface area contributed by atoms with Crippen molar-refractivity contribution in [3.63, 3.8) is 0 Å². The quantitative estimate of drug-likeness (QED) is 0.626. The molecule has 0 aliphatic rings. The van der Waals surface area contributed by atoms with E-state index in [0.29, 0.717) is 22.2 Å². The number of rotatable bonds is 4. The number of esters is 1. The van der Waals surface area contributed by atoms with E-state index >= 15 is 0 Å². The van der Waals surface area contributed by atoms with Crippen molar-refractivity contribution in [2.75, 3.05) is 26.0 Å². The van der Waals surface area contributed by atoms with Gasteiger partial charge in [-0.25, -0.2) is 9.59 Å². The van der Waals surface area contributed by atoms with Crippen molar-refractivity contribution in [3.05, 3.63) is 30.0 Å². The van der Waals surface area contributed by atoms with Gasteiger partial charge in [-0.2, -0.15) is 0 Å². The number of aromatic nitrogens is 1. The van der Waals surface area contributed by atoms with Crippen molar-refractivity contribution in [1.29, 1.82) is 0 Å². The van der Waals surface area contributed by atoms with Crippen LogP contribution in [-0.2, 0) is 9.53 Å². The van der Waals surface area contributed by atoms with E-state index in [2.05, 4.69) is 20.9 Å². The number of H-pyrrole nitrogens is 1. The summed E-state index contributed by atoms with van der Waals surface area (Å²) in [5, 5.41) is 8.05. The molecule has 0 aliphatic heterocycles. The average Bonchev–Trinajstić information content (AvgIpc) is 2.99. The molecule has 0 radical (unpaired) electrons. The number of benzene rings is 1. The van der Waals surface area contributed by atoms with E-state index < -0.39 is 12.0 Å². The average molecular weight is 304 g/mol. The molecule has 1 aromatic heterocycles. The second kappa shape index (κ2) is 6.61. The second-order valence-corrected chi connectivity index (χ2v) is 4.44. The topological polar surface area (TPSA) is 112 Å². The van der Waals surface area contributed by atoms with Gasteiger partial charge in [0.25, 0.3) is 0 Å². The van der Waals surface area contributed by atoms with Crippen LogP contribution in [0.5, 0.6) is 0 Å². The summed E-state index contributed by atoms with van der Waals surface area (Å²) in [5.41, 5.74) is 1.43. The van der Waals surface area contributed by atoms with Crippen LogP contribution >= 0.6 is 0 Å². The van der Waals surface area contributed by atoms with Crippen LogP contribution in [0.15, 0.2) is 24.4 Å². The number of hydrogen-bond donors (Lipinski definition) is 4. The lowest BCUT2D eigenvalue weighted by atomic mass is 10.1. The Labute approximate surface area is 126 Å². The summed E-state index contributed by atoms with van der Waals surface area (Å²) in [6.07, 6.45) is 1.69. The first-order chi connectivity index (χ1) is 10.5. The van der Waals surface area contributed by atoms with Crippen molar-refractivity contribution < 1.29 is 19.1 Å². The van der Waals surface area contributed by atoms with Gasteiger partial charge >= 0.3 is 12.0 Å². The molecule has 0 spiro atoms. The van der Waals surface area contributed by atoms with Gasteiger partial charge in [0.1, 0.15) is 0 Å². The molecule has 3 amide bonds. The Bertz CT molecular complexity index is 723. The fourth-order valence-electron chi connectivity index (χ4n) is 1.94. The molecule has 8 heteroatoms. The normalized spacial score (nSPS) is 10.1. The summed E-state index contributed by atoms with van der Waals surface area (Å²) in [6.45, 7) is -0.142. The number of likely N-dealkylation sites (N-methyl/N-ethyl adjacent to an activating group) is 1. The maximum Gasteiger partial charge on any atom is 0.338 e. The zero-order chi connectivity index (χ0) is 16.1. The number of nitrogens with one attached hydrogen (secondary N) is 4. The van der Waals surface area contributed by atoms with Crippen LogP contribution in [0.4, 0.5) is 10.5 Å². The van der Waals surface area contributed by atoms with Crippen molar-refractivity contribution in [2.24, 2.45) is 0 Å². The first kappa shape index (κ1) is 15.4. The maximum atomic E-state index is 11.8. The van der Waals surface area contributed by atoms with E-state index in [1.807, 2.05) is 0 Å². The molecule has 4 N–H and O–H groups in total. The number of amides is 3. The minimum atomic E-state index is -0.551. The molecule has 8 nitrogen and oxygen atoms in total. The SMILES string of the molecule is CNC(=O)CNC(=O)Nc1cc(C(=O)OC)c2cc[nH]c2c1. The third-order valence-corrected chi connectivity index (χ3v) is 3.02. The van der Waals surface area contributed by atoms with E-state index in [-0.39, 0.29) is 12.5 Å². The molecule has 1 heterocycles. The smallest absolute Gasteiger partial charge is 0.338 e. The van der Waals surface area contributed by atoms with Crippen LogP contribution in [0.3, 0.4) is 0 Å². The van der Waals surface area contributed by atoms with Crippen LogP contribution in [0, 0.1) is 0 Å². The van der Waals surface area contributed by atoms with Gasteiger partial charge in [-0.15, -0.1) is 0 Å². The minimum Gasteiger partial charge on any atom is -0.465 e. The molecule has 1 aromatic carbocycles. The Morgan fingerprint density at radius 1 is 1.27 bits per heavy atom. The summed E-state index contributed by atoms with van der Waals surface area (Å²) in [5.74, 6) is -0.816. The van der Waals surface area contributed by atoms with Gasteiger partial charge in [0.15, 0.2) is 0 Å². The molecule has 0 aliphatic carbocycles. The van der Waals surface area contributed by atoms with E-state index in [4.69, 9.17) is 4.74 Å². The number of carbonyl (C=O) groups excluding carboxylic acids is 3. The summed E-state index contributed by atoms with van der Waals surface area (Å²) >= 11 is 0. The predicted molar refractivity (Wildman–Crippen MR) is 80.7 cm³/mol. The molecule has 22 heavy (non-hydrogen) atoms. The molecule has 0 unspecified atom stereocenters. The second-order valence-electron chi connectivity index (χ2n) is 4.44. The van der Waals surface area contributed by atoms with E-state index in [9.17, 15) is 14.4 Å². The van der Waals surface area contributed by atoms with E-state index in [1.165, 1.54) is 20.2 Å². The number of anilines is 1. The van der Waals surface area contributed by atoms with E-state index in [0.717, 1.165) is 0 Å². The Hall–Kier alpha value is -3.03. The number of ether oxygens (including phenoxy) is 1. The van der Waals surface area contributed by atoms with Crippen LogP contribution in [0.2, 0.25) is 0 Å². The molecule has 0 bridgehead atoms. The molecule has 0 atom stereocenters. The highest BCUT2D eigenvalue weighted by atomic mass is 16.5. The highest BCUT2D eigenvalue weighted by Crippen LogP contribution is 2.23. The summed E-state index contributed by atoms with van der Waals surface area (Å²) in [7, 11) is 2.76. The number of methoxy groups -OCH3 is 1. The van der Waals surface area contributed by atoms with E-state index in [1.54, 1.807) is 18.3 Å². The lowest BCUT2D eigenvalue weighted by Crippen LogP contribution is -2.37. The summed E-state index contributed by atoms with van der Waals surface area (Å²) < 4.78 is 4.73. The summed E-state index contributed by atoms with van der Waals surface area (Å²) in [6, 6.07) is 4.39. The fourth-order valence-corrected chi connectivity index (χ4v) is 1.94. The van der Waals surface area contributed by atoms with Crippen LogP contribution in [0.1, 0.15) is 10.4 Å². The highest BCUT2D eigenvalue weighted by Gasteiger charge is 2.14. The van der Waals surface area contributed by atoms with Crippen molar-refractivity contribution >= 4 is 34.5 Å². The predicted octanol–water partition coefficient (Wildman–Crippen LogP) is 0.822. The monoisotopic (exact) mass is 304 g/mol. The van der Waals surface area contributed by atoms with Gasteiger partial charge in [0, 0.05) is 29.8 Å². The van der Waals surface area contributed by atoms with Crippen molar-refractivity contribution in [3.8, 4) is 0 Å². The standard InChI is InChI=1S/C14H16N4O4/c1-15-12(19)7-17-14(21)18-8-5-10(13(20)22-2)9-3-4-16-11(9)6-8/h3-6,16H,7H2,1-2H3,(H,15,19)(H2,17,18,21). The molecule has 0 fully saturated rings. The first-order valence-corrected chi connectivity index (χ1v) is 6.50. The number of urea groups is 1.